The van der Waals surface area contributed by atoms with Crippen molar-refractivity contribution >= 4 is 23.5 Å². The van der Waals surface area contributed by atoms with E-state index < -0.39 is 11.9 Å². The number of nitrogens with zero attached hydrogens (tertiary/aromatic N) is 1. The number of benzene rings is 1. The molecule has 7 heteroatoms. The molecule has 4 amide bonds. The molecule has 0 saturated heterocycles. The maximum absolute atomic E-state index is 11.8. The summed E-state index contributed by atoms with van der Waals surface area (Å²) in [6, 6.07) is 6.23. The Bertz CT molecular complexity index is 514. The second-order valence-corrected chi connectivity index (χ2v) is 4.26. The number of carbonyl (C=O) groups excluding carboxylic acids is 3. The number of carbonyl (C=O) groups is 3. The van der Waals surface area contributed by atoms with Crippen molar-refractivity contribution in [1.82, 2.24) is 15.5 Å². The molecule has 1 rings (SSSR count). The Morgan fingerprint density at radius 2 is 1.90 bits per heavy atom. The minimum Gasteiger partial charge on any atom is -0.376 e. The highest BCUT2D eigenvalue weighted by atomic mass is 16.2. The van der Waals surface area contributed by atoms with Crippen LogP contribution < -0.4 is 16.0 Å². The predicted molar refractivity (Wildman–Crippen MR) is 75.5 cm³/mol. The van der Waals surface area contributed by atoms with Crippen LogP contribution in [0.5, 0.6) is 0 Å². The van der Waals surface area contributed by atoms with E-state index in [-0.39, 0.29) is 12.5 Å². The van der Waals surface area contributed by atoms with Gasteiger partial charge in [-0.2, -0.15) is 0 Å². The molecule has 0 aliphatic carbocycles. The SMILES string of the molecule is CNC(=O)NC(=O)CNc1cccc(C(=O)N(C)C)c1. The maximum Gasteiger partial charge on any atom is 0.321 e. The van der Waals surface area contributed by atoms with E-state index in [0.29, 0.717) is 11.3 Å². The highest BCUT2D eigenvalue weighted by Crippen LogP contribution is 2.11. The standard InChI is InChI=1S/C13H18N4O3/c1-14-13(20)16-11(18)8-15-10-6-4-5-9(7-10)12(19)17(2)3/h4-7,15H,8H2,1-3H3,(H2,14,16,18,20). The van der Waals surface area contributed by atoms with Crippen LogP contribution in [0.15, 0.2) is 24.3 Å². The summed E-state index contributed by atoms with van der Waals surface area (Å²) in [5.74, 6) is -0.586. The van der Waals surface area contributed by atoms with Gasteiger partial charge in [0, 0.05) is 32.4 Å². The van der Waals surface area contributed by atoms with Crippen LogP contribution >= 0.6 is 0 Å². The lowest BCUT2D eigenvalue weighted by Gasteiger charge is -2.12. The number of hydrogen-bond acceptors (Lipinski definition) is 4. The highest BCUT2D eigenvalue weighted by molar-refractivity contribution is 5.97. The van der Waals surface area contributed by atoms with E-state index in [2.05, 4.69) is 16.0 Å². The van der Waals surface area contributed by atoms with Crippen molar-refractivity contribution in [3.05, 3.63) is 29.8 Å². The van der Waals surface area contributed by atoms with Crippen LogP contribution in [-0.2, 0) is 4.79 Å². The fraction of sp³-hybridized carbons (Fsp3) is 0.308. The molecule has 108 valence electrons. The number of imide groups is 1. The normalized spacial score (nSPS) is 9.55. The lowest BCUT2D eigenvalue weighted by Crippen LogP contribution is -2.40. The molecule has 0 aliphatic rings. The number of nitrogens with one attached hydrogen (secondary N) is 3. The van der Waals surface area contributed by atoms with Crippen LogP contribution in [0.2, 0.25) is 0 Å². The minimum atomic E-state index is -0.562. The molecule has 1 aromatic rings. The Kier molecular flexibility index (Phi) is 5.52. The molecule has 0 atom stereocenters. The van der Waals surface area contributed by atoms with Crippen LogP contribution in [0.1, 0.15) is 10.4 Å². The molecule has 20 heavy (non-hydrogen) atoms. The summed E-state index contributed by atoms with van der Waals surface area (Å²) in [4.78, 5) is 35.6. The first-order chi connectivity index (χ1) is 9.43. The second-order valence-electron chi connectivity index (χ2n) is 4.26. The van der Waals surface area contributed by atoms with Gasteiger partial charge in [-0.05, 0) is 18.2 Å². The molecule has 0 spiro atoms. The number of urea groups is 1. The molecule has 0 fully saturated rings. The summed E-state index contributed by atoms with van der Waals surface area (Å²) in [6.07, 6.45) is 0. The minimum absolute atomic E-state index is 0.0625. The third-order valence-corrected chi connectivity index (χ3v) is 2.45. The fourth-order valence-electron chi connectivity index (χ4n) is 1.44. The molecule has 0 bridgehead atoms. The van der Waals surface area contributed by atoms with Gasteiger partial charge in [0.2, 0.25) is 5.91 Å². The molecule has 0 radical (unpaired) electrons. The largest absolute Gasteiger partial charge is 0.376 e. The zero-order valence-corrected chi connectivity index (χ0v) is 11.7. The summed E-state index contributed by atoms with van der Waals surface area (Å²) in [5, 5.41) is 7.26. The smallest absolute Gasteiger partial charge is 0.321 e. The fourth-order valence-corrected chi connectivity index (χ4v) is 1.44. The van der Waals surface area contributed by atoms with Crippen molar-refractivity contribution in [2.24, 2.45) is 0 Å². The van der Waals surface area contributed by atoms with Crippen LogP contribution in [0.4, 0.5) is 10.5 Å². The van der Waals surface area contributed by atoms with Gasteiger partial charge >= 0.3 is 6.03 Å². The molecule has 3 N–H and O–H groups in total. The molecular formula is C13H18N4O3. The Morgan fingerprint density at radius 1 is 1.20 bits per heavy atom. The van der Waals surface area contributed by atoms with Crippen molar-refractivity contribution < 1.29 is 14.4 Å². The summed E-state index contributed by atoms with van der Waals surface area (Å²) in [5.41, 5.74) is 1.15. The van der Waals surface area contributed by atoms with Crippen LogP contribution in [0.3, 0.4) is 0 Å². The van der Waals surface area contributed by atoms with E-state index in [4.69, 9.17) is 0 Å². The zero-order chi connectivity index (χ0) is 15.1. The summed E-state index contributed by atoms with van der Waals surface area (Å²) in [7, 11) is 4.75. The molecule has 0 unspecified atom stereocenters. The van der Waals surface area contributed by atoms with Gasteiger partial charge in [-0.1, -0.05) is 6.07 Å². The lowest BCUT2D eigenvalue weighted by atomic mass is 10.2. The Labute approximate surface area is 117 Å². The summed E-state index contributed by atoms with van der Waals surface area (Å²) >= 11 is 0. The third-order valence-electron chi connectivity index (χ3n) is 2.45. The predicted octanol–water partition coefficient (Wildman–Crippen LogP) is 0.256. The van der Waals surface area contributed by atoms with Gasteiger partial charge in [-0.3, -0.25) is 14.9 Å². The van der Waals surface area contributed by atoms with E-state index in [1.165, 1.54) is 11.9 Å². The quantitative estimate of drug-likeness (QED) is 0.736. The molecule has 0 aliphatic heterocycles. The van der Waals surface area contributed by atoms with Crippen molar-refractivity contribution in [3.8, 4) is 0 Å². The Hall–Kier alpha value is -2.57. The number of amides is 4. The lowest BCUT2D eigenvalue weighted by molar-refractivity contribution is -0.118. The monoisotopic (exact) mass is 278 g/mol. The van der Waals surface area contributed by atoms with Gasteiger partial charge in [0.15, 0.2) is 0 Å². The first kappa shape index (κ1) is 15.5. The Balaban J connectivity index is 2.61. The molecule has 0 saturated carbocycles. The average Bonchev–Trinajstić information content (AvgIpc) is 2.44. The molecule has 1 aromatic carbocycles. The first-order valence-corrected chi connectivity index (χ1v) is 6.01. The number of hydrogen-bond donors (Lipinski definition) is 3. The van der Waals surface area contributed by atoms with Crippen molar-refractivity contribution in [1.29, 1.82) is 0 Å². The maximum atomic E-state index is 11.8. The van der Waals surface area contributed by atoms with Gasteiger partial charge < -0.3 is 15.5 Å². The van der Waals surface area contributed by atoms with E-state index in [1.807, 2.05) is 0 Å². The highest BCUT2D eigenvalue weighted by Gasteiger charge is 2.09. The summed E-state index contributed by atoms with van der Waals surface area (Å²) < 4.78 is 0. The van der Waals surface area contributed by atoms with E-state index in [0.717, 1.165) is 0 Å². The zero-order valence-electron chi connectivity index (χ0n) is 11.7. The number of rotatable bonds is 4. The Morgan fingerprint density at radius 3 is 2.50 bits per heavy atom. The van der Waals surface area contributed by atoms with Crippen LogP contribution in [-0.4, -0.2) is 50.4 Å². The van der Waals surface area contributed by atoms with E-state index >= 15 is 0 Å². The first-order valence-electron chi connectivity index (χ1n) is 6.01. The van der Waals surface area contributed by atoms with Gasteiger partial charge in [-0.15, -0.1) is 0 Å². The van der Waals surface area contributed by atoms with E-state index in [9.17, 15) is 14.4 Å². The van der Waals surface area contributed by atoms with Crippen LogP contribution in [0, 0.1) is 0 Å². The van der Waals surface area contributed by atoms with Gasteiger partial charge in [0.05, 0.1) is 6.54 Å². The molecule has 0 aromatic heterocycles. The van der Waals surface area contributed by atoms with Crippen molar-refractivity contribution in [3.63, 3.8) is 0 Å². The topological polar surface area (TPSA) is 90.5 Å². The summed E-state index contributed by atoms with van der Waals surface area (Å²) in [6.45, 7) is -0.0625. The third kappa shape index (κ3) is 4.60. The van der Waals surface area contributed by atoms with Gasteiger partial charge in [-0.25, -0.2) is 4.79 Å². The molecular weight excluding hydrogens is 260 g/mol. The van der Waals surface area contributed by atoms with Crippen molar-refractivity contribution in [2.45, 2.75) is 0 Å². The van der Waals surface area contributed by atoms with Gasteiger partial charge in [0.25, 0.3) is 5.91 Å². The molecule has 0 heterocycles. The van der Waals surface area contributed by atoms with Gasteiger partial charge in [0.1, 0.15) is 0 Å². The van der Waals surface area contributed by atoms with E-state index in [1.54, 1.807) is 38.4 Å². The van der Waals surface area contributed by atoms with Crippen molar-refractivity contribution in [2.75, 3.05) is 33.0 Å². The number of anilines is 1. The van der Waals surface area contributed by atoms with Crippen LogP contribution in [0.25, 0.3) is 0 Å². The average molecular weight is 278 g/mol. The molecule has 7 nitrogen and oxygen atoms in total. The second kappa shape index (κ2) is 7.13.